The molecule has 0 bridgehead atoms. The average molecular weight is 638 g/mol. The number of hydrogen-bond donors (Lipinski definition) is 0. The minimum absolute atomic E-state index is 0. The van der Waals surface area contributed by atoms with Gasteiger partial charge in [-0.15, -0.1) is 0 Å². The maximum Gasteiger partial charge on any atom is 2.00 e. The molecule has 0 aliphatic heterocycles. The normalized spacial score (nSPS) is 14.0. The summed E-state index contributed by atoms with van der Waals surface area (Å²) in [5, 5.41) is 26.8. The van der Waals surface area contributed by atoms with Crippen LogP contribution in [-0.2, 0) is 38.7 Å². The van der Waals surface area contributed by atoms with E-state index in [1.807, 2.05) is 12.1 Å². The van der Waals surface area contributed by atoms with E-state index in [-0.39, 0.29) is 61.3 Å². The summed E-state index contributed by atoms with van der Waals surface area (Å²) in [6, 6.07) is 8.15. The number of nitrogens with zero attached hydrogens (tertiary/aromatic N) is 2. The molecule has 2 aromatic carbocycles. The third kappa shape index (κ3) is 10.8. The van der Waals surface area contributed by atoms with Gasteiger partial charge in [0.05, 0.1) is 11.1 Å². The molecule has 0 fully saturated rings. The van der Waals surface area contributed by atoms with Gasteiger partial charge in [0, 0.05) is 12.4 Å². The van der Waals surface area contributed by atoms with Crippen LogP contribution >= 0.6 is 0 Å². The molecule has 0 saturated carbocycles. The van der Waals surface area contributed by atoms with Crippen molar-refractivity contribution in [1.29, 1.82) is 0 Å². The second-order valence-corrected chi connectivity index (χ2v) is 17.5. The zero-order valence-electron chi connectivity index (χ0n) is 29.9. The topological polar surface area (TPSA) is 70.8 Å². The van der Waals surface area contributed by atoms with Crippen molar-refractivity contribution < 1.29 is 27.3 Å². The summed E-state index contributed by atoms with van der Waals surface area (Å²) in [5.41, 5.74) is 3.83. The van der Waals surface area contributed by atoms with Crippen LogP contribution in [0.2, 0.25) is 0 Å². The van der Waals surface area contributed by atoms with Crippen LogP contribution in [-0.4, -0.2) is 23.5 Å². The third-order valence-electron chi connectivity index (χ3n) is 8.04. The predicted molar refractivity (Wildman–Crippen MR) is 179 cm³/mol. The first kappa shape index (κ1) is 38.9. The van der Waals surface area contributed by atoms with E-state index in [0.29, 0.717) is 11.1 Å². The van der Waals surface area contributed by atoms with E-state index in [2.05, 4.69) is 123 Å². The number of benzene rings is 2. The fourth-order valence-electron chi connectivity index (χ4n) is 4.70. The molecular formula is C38H58CuN2O2. The summed E-state index contributed by atoms with van der Waals surface area (Å²) < 4.78 is 0. The second-order valence-electron chi connectivity index (χ2n) is 17.5. The first-order valence-electron chi connectivity index (χ1n) is 15.5. The molecule has 0 amide bonds. The molecule has 0 unspecified atom stereocenters. The number of rotatable bonds is 7. The molecule has 0 saturated heterocycles. The van der Waals surface area contributed by atoms with Crippen molar-refractivity contribution in [3.63, 3.8) is 0 Å². The van der Waals surface area contributed by atoms with Crippen molar-refractivity contribution in [2.45, 2.75) is 156 Å². The van der Waals surface area contributed by atoms with Crippen molar-refractivity contribution in [3.05, 3.63) is 57.6 Å². The van der Waals surface area contributed by atoms with Crippen molar-refractivity contribution in [1.82, 2.24) is 0 Å². The molecule has 1 radical (unpaired) electrons. The van der Waals surface area contributed by atoms with Gasteiger partial charge in [0.15, 0.2) is 0 Å². The maximum atomic E-state index is 13.4. The van der Waals surface area contributed by atoms with Crippen LogP contribution in [0.4, 0.5) is 0 Å². The van der Waals surface area contributed by atoms with Gasteiger partial charge in [-0.25, -0.2) is 0 Å². The standard InChI is InChI=1S/C38H60N2O2.Cu/c1-33(2,3)27-19-25(31(41)29(21-27)35(7,8)9)23-39-37(13,14)17-18-38(15,16)40-24-26-20-28(34(4,5)6)22-30(32(26)42)36(10,11)12;/h19-24,41-42H,17-18H2,1-16H3;/q;+2/p-2. The first-order valence-corrected chi connectivity index (χ1v) is 15.5. The van der Waals surface area contributed by atoms with Gasteiger partial charge in [0.1, 0.15) is 0 Å². The van der Waals surface area contributed by atoms with Crippen molar-refractivity contribution in [2.24, 2.45) is 9.98 Å². The Labute approximate surface area is 274 Å². The van der Waals surface area contributed by atoms with Gasteiger partial charge in [-0.3, -0.25) is 9.98 Å². The Bertz CT molecular complexity index is 1220. The van der Waals surface area contributed by atoms with Crippen LogP contribution in [0.15, 0.2) is 34.3 Å². The molecule has 4 nitrogen and oxygen atoms in total. The molecule has 2 aromatic rings. The van der Waals surface area contributed by atoms with Crippen molar-refractivity contribution >= 4 is 12.4 Å². The minimum Gasteiger partial charge on any atom is -0.872 e. The molecule has 243 valence electrons. The Hall–Kier alpha value is -2.10. The summed E-state index contributed by atoms with van der Waals surface area (Å²) in [6.45, 7) is 34.0. The summed E-state index contributed by atoms with van der Waals surface area (Å²) in [5.74, 6) is 0.112. The van der Waals surface area contributed by atoms with Crippen LogP contribution in [0.25, 0.3) is 0 Å². The third-order valence-corrected chi connectivity index (χ3v) is 8.04. The molecule has 0 aliphatic rings. The molecule has 0 N–H and O–H groups in total. The van der Waals surface area contributed by atoms with Crippen LogP contribution < -0.4 is 10.2 Å². The van der Waals surface area contributed by atoms with Gasteiger partial charge in [-0.2, -0.15) is 0 Å². The number of hydrogen-bond acceptors (Lipinski definition) is 4. The maximum absolute atomic E-state index is 13.4. The molecule has 0 aromatic heterocycles. The van der Waals surface area contributed by atoms with Gasteiger partial charge in [0.2, 0.25) is 0 Å². The Morgan fingerprint density at radius 1 is 0.488 bits per heavy atom. The van der Waals surface area contributed by atoms with Crippen molar-refractivity contribution in [3.8, 4) is 11.5 Å². The molecule has 2 rings (SSSR count). The quantitative estimate of drug-likeness (QED) is 0.225. The largest absolute Gasteiger partial charge is 2.00 e. The van der Waals surface area contributed by atoms with E-state index in [0.717, 1.165) is 35.1 Å². The summed E-state index contributed by atoms with van der Waals surface area (Å²) >= 11 is 0. The van der Waals surface area contributed by atoms with E-state index in [1.54, 1.807) is 12.4 Å². The van der Waals surface area contributed by atoms with Crippen LogP contribution in [0.3, 0.4) is 0 Å². The van der Waals surface area contributed by atoms with E-state index in [9.17, 15) is 10.2 Å². The summed E-state index contributed by atoms with van der Waals surface area (Å²) in [4.78, 5) is 9.84. The average Bonchev–Trinajstić information content (AvgIpc) is 2.78. The Balaban J connectivity index is 0.00000924. The van der Waals surface area contributed by atoms with Crippen molar-refractivity contribution in [2.75, 3.05) is 0 Å². The monoisotopic (exact) mass is 637 g/mol. The SMILES string of the molecule is CC(C)(CCC(C)(C)N=Cc1cc(C(C)(C)C)cc(C(C)(C)C)c1[O-])N=Cc1cc(C(C)(C)C)cc(C(C)(C)C)c1[O-].[Cu+2]. The van der Waals surface area contributed by atoms with Gasteiger partial charge in [0.25, 0.3) is 0 Å². The number of aliphatic imine (C=N–C) groups is 2. The Morgan fingerprint density at radius 3 is 1.00 bits per heavy atom. The molecular weight excluding hydrogens is 580 g/mol. The summed E-state index contributed by atoms with van der Waals surface area (Å²) in [7, 11) is 0. The van der Waals surface area contributed by atoms with Crippen LogP contribution in [0, 0.1) is 0 Å². The molecule has 0 atom stereocenters. The zero-order chi connectivity index (χ0) is 32.7. The van der Waals surface area contributed by atoms with Crippen LogP contribution in [0.5, 0.6) is 11.5 Å². The van der Waals surface area contributed by atoms with Gasteiger partial charge in [-0.1, -0.05) is 119 Å². The Morgan fingerprint density at radius 2 is 0.767 bits per heavy atom. The molecule has 5 heteroatoms. The van der Waals surface area contributed by atoms with E-state index < -0.39 is 0 Å². The van der Waals surface area contributed by atoms with E-state index >= 15 is 0 Å². The fraction of sp³-hybridized carbons (Fsp3) is 0.632. The van der Waals surface area contributed by atoms with Gasteiger partial charge >= 0.3 is 17.1 Å². The Kier molecular flexibility index (Phi) is 11.9. The molecule has 0 spiro atoms. The predicted octanol–water partition coefficient (Wildman–Crippen LogP) is 8.90. The smallest absolute Gasteiger partial charge is 0.872 e. The summed E-state index contributed by atoms with van der Waals surface area (Å²) in [6.07, 6.45) is 5.12. The molecule has 0 heterocycles. The zero-order valence-corrected chi connectivity index (χ0v) is 30.8. The van der Waals surface area contributed by atoms with E-state index in [1.165, 1.54) is 0 Å². The first-order chi connectivity index (χ1) is 18.6. The fourth-order valence-corrected chi connectivity index (χ4v) is 4.70. The molecule has 0 aliphatic carbocycles. The van der Waals surface area contributed by atoms with Crippen LogP contribution in [0.1, 0.15) is 157 Å². The van der Waals surface area contributed by atoms with Gasteiger partial charge in [-0.05, 0) is 95.6 Å². The van der Waals surface area contributed by atoms with E-state index in [4.69, 9.17) is 9.98 Å². The van der Waals surface area contributed by atoms with Gasteiger partial charge < -0.3 is 10.2 Å². The molecule has 43 heavy (non-hydrogen) atoms. The minimum atomic E-state index is -0.381. The second kappa shape index (κ2) is 13.1.